The first kappa shape index (κ1) is 18.5. The van der Waals surface area contributed by atoms with E-state index in [-0.39, 0.29) is 12.1 Å². The summed E-state index contributed by atoms with van der Waals surface area (Å²) >= 11 is 0. The van der Waals surface area contributed by atoms with Gasteiger partial charge in [-0.05, 0) is 74.3 Å². The standard InChI is InChI=1S/C23H30O4/c1-2-3-6-9-26-22(24)19-7-4-5-8-20(19)23(25)27-21-17-11-15-10-16(13-17)14-18(21)12-15/h4-5,7-8,15-18,21H,2-3,6,9-14H2,1H3. The van der Waals surface area contributed by atoms with E-state index in [0.29, 0.717) is 29.6 Å². The molecule has 0 aliphatic heterocycles. The van der Waals surface area contributed by atoms with Gasteiger partial charge in [0.05, 0.1) is 17.7 Å². The second kappa shape index (κ2) is 8.04. The van der Waals surface area contributed by atoms with Crippen molar-refractivity contribution < 1.29 is 19.1 Å². The lowest BCUT2D eigenvalue weighted by Crippen LogP contribution is -2.50. The summed E-state index contributed by atoms with van der Waals surface area (Å²) in [5, 5.41) is 0. The van der Waals surface area contributed by atoms with Gasteiger partial charge in [-0.25, -0.2) is 9.59 Å². The van der Waals surface area contributed by atoms with E-state index in [1.807, 2.05) is 0 Å². The van der Waals surface area contributed by atoms with Gasteiger partial charge in [0, 0.05) is 0 Å². The zero-order valence-electron chi connectivity index (χ0n) is 16.2. The molecule has 0 radical (unpaired) electrons. The second-order valence-corrected chi connectivity index (χ2v) is 8.69. The highest BCUT2D eigenvalue weighted by atomic mass is 16.5. The Hall–Kier alpha value is -1.84. The Balaban J connectivity index is 1.42. The molecule has 146 valence electrons. The fourth-order valence-corrected chi connectivity index (χ4v) is 5.69. The Morgan fingerprint density at radius 3 is 2.07 bits per heavy atom. The lowest BCUT2D eigenvalue weighted by molar-refractivity contribution is -0.101. The van der Waals surface area contributed by atoms with Crippen molar-refractivity contribution in [2.45, 2.75) is 64.4 Å². The Kier molecular flexibility index (Phi) is 5.51. The van der Waals surface area contributed by atoms with Crippen molar-refractivity contribution in [3.8, 4) is 0 Å². The van der Waals surface area contributed by atoms with Crippen LogP contribution in [-0.2, 0) is 9.47 Å². The quantitative estimate of drug-likeness (QED) is 0.500. The molecule has 4 aliphatic carbocycles. The van der Waals surface area contributed by atoms with Gasteiger partial charge >= 0.3 is 11.9 Å². The van der Waals surface area contributed by atoms with E-state index in [1.54, 1.807) is 24.3 Å². The van der Waals surface area contributed by atoms with Crippen LogP contribution in [0.3, 0.4) is 0 Å². The number of rotatable bonds is 7. The van der Waals surface area contributed by atoms with Crippen molar-refractivity contribution >= 4 is 11.9 Å². The van der Waals surface area contributed by atoms with E-state index in [2.05, 4.69) is 6.92 Å². The van der Waals surface area contributed by atoms with Crippen LogP contribution in [0.15, 0.2) is 24.3 Å². The molecule has 0 atom stereocenters. The summed E-state index contributed by atoms with van der Waals surface area (Å²) in [6, 6.07) is 6.89. The summed E-state index contributed by atoms with van der Waals surface area (Å²) in [5.74, 6) is 1.91. The molecule has 4 fully saturated rings. The largest absolute Gasteiger partial charge is 0.462 e. The highest BCUT2D eigenvalue weighted by molar-refractivity contribution is 6.03. The summed E-state index contributed by atoms with van der Waals surface area (Å²) in [4.78, 5) is 25.3. The summed E-state index contributed by atoms with van der Waals surface area (Å²) in [5.41, 5.74) is 0.662. The van der Waals surface area contributed by atoms with Crippen molar-refractivity contribution in [3.05, 3.63) is 35.4 Å². The van der Waals surface area contributed by atoms with Crippen molar-refractivity contribution in [2.75, 3.05) is 6.61 Å². The fraction of sp³-hybridized carbons (Fsp3) is 0.652. The Labute approximate surface area is 161 Å². The van der Waals surface area contributed by atoms with Gasteiger partial charge in [-0.1, -0.05) is 31.9 Å². The van der Waals surface area contributed by atoms with Crippen molar-refractivity contribution in [1.29, 1.82) is 0 Å². The van der Waals surface area contributed by atoms with Crippen LogP contribution in [-0.4, -0.2) is 24.6 Å². The predicted octanol–water partition coefficient (Wildman–Crippen LogP) is 5.02. The Morgan fingerprint density at radius 1 is 0.889 bits per heavy atom. The van der Waals surface area contributed by atoms with Crippen molar-refractivity contribution in [3.63, 3.8) is 0 Å². The fourth-order valence-electron chi connectivity index (χ4n) is 5.69. The molecular weight excluding hydrogens is 340 g/mol. The van der Waals surface area contributed by atoms with Crippen LogP contribution in [0.2, 0.25) is 0 Å². The lowest BCUT2D eigenvalue weighted by Gasteiger charge is -2.53. The van der Waals surface area contributed by atoms with E-state index in [0.717, 1.165) is 31.1 Å². The number of esters is 2. The average molecular weight is 370 g/mol. The van der Waals surface area contributed by atoms with E-state index in [1.165, 1.54) is 32.1 Å². The van der Waals surface area contributed by atoms with Crippen LogP contribution in [0.25, 0.3) is 0 Å². The van der Waals surface area contributed by atoms with E-state index < -0.39 is 5.97 Å². The van der Waals surface area contributed by atoms with Gasteiger partial charge in [-0.3, -0.25) is 0 Å². The molecule has 4 saturated carbocycles. The first-order valence-corrected chi connectivity index (χ1v) is 10.6. The molecule has 0 N–H and O–H groups in total. The molecule has 0 amide bonds. The topological polar surface area (TPSA) is 52.6 Å². The number of carbonyl (C=O) groups excluding carboxylic acids is 2. The molecular formula is C23H30O4. The van der Waals surface area contributed by atoms with Gasteiger partial charge in [0.2, 0.25) is 0 Å². The van der Waals surface area contributed by atoms with Crippen LogP contribution in [0.4, 0.5) is 0 Å². The third kappa shape index (κ3) is 3.90. The van der Waals surface area contributed by atoms with E-state index >= 15 is 0 Å². The maximum absolute atomic E-state index is 12.9. The van der Waals surface area contributed by atoms with Gasteiger partial charge in [-0.15, -0.1) is 0 Å². The highest BCUT2D eigenvalue weighted by Gasteiger charge is 2.50. The minimum atomic E-state index is -0.427. The van der Waals surface area contributed by atoms with Gasteiger partial charge in [0.25, 0.3) is 0 Å². The molecule has 0 aromatic heterocycles. The van der Waals surface area contributed by atoms with Gasteiger partial charge in [0.15, 0.2) is 0 Å². The van der Waals surface area contributed by atoms with Crippen LogP contribution in [0.5, 0.6) is 0 Å². The molecule has 5 rings (SSSR count). The van der Waals surface area contributed by atoms with Gasteiger partial charge < -0.3 is 9.47 Å². The maximum atomic E-state index is 12.9. The number of ether oxygens (including phenoxy) is 2. The molecule has 0 spiro atoms. The number of unbranched alkanes of at least 4 members (excludes halogenated alkanes) is 2. The van der Waals surface area contributed by atoms with E-state index in [9.17, 15) is 9.59 Å². The van der Waals surface area contributed by atoms with Crippen molar-refractivity contribution in [1.82, 2.24) is 0 Å². The molecule has 4 heteroatoms. The molecule has 4 aliphatic rings. The second-order valence-electron chi connectivity index (χ2n) is 8.69. The molecule has 4 nitrogen and oxygen atoms in total. The van der Waals surface area contributed by atoms with Crippen LogP contribution in [0.1, 0.15) is 79.0 Å². The normalized spacial score (nSPS) is 30.9. The lowest BCUT2D eigenvalue weighted by atomic mass is 9.55. The number of hydrogen-bond donors (Lipinski definition) is 0. The molecule has 1 aromatic rings. The average Bonchev–Trinajstić information content (AvgIpc) is 2.67. The third-order valence-electron chi connectivity index (χ3n) is 6.73. The Morgan fingerprint density at radius 2 is 1.48 bits per heavy atom. The highest BCUT2D eigenvalue weighted by Crippen LogP contribution is 2.54. The van der Waals surface area contributed by atoms with Crippen LogP contribution < -0.4 is 0 Å². The SMILES string of the molecule is CCCCCOC(=O)c1ccccc1C(=O)OC1C2CC3CC(C2)CC1C3. The first-order valence-electron chi connectivity index (χ1n) is 10.6. The minimum Gasteiger partial charge on any atom is -0.462 e. The van der Waals surface area contributed by atoms with Gasteiger partial charge in [-0.2, -0.15) is 0 Å². The zero-order valence-corrected chi connectivity index (χ0v) is 16.2. The molecule has 0 heterocycles. The minimum absolute atomic E-state index is 0.0268. The maximum Gasteiger partial charge on any atom is 0.339 e. The molecule has 1 aromatic carbocycles. The van der Waals surface area contributed by atoms with E-state index in [4.69, 9.17) is 9.47 Å². The zero-order chi connectivity index (χ0) is 18.8. The van der Waals surface area contributed by atoms with Crippen molar-refractivity contribution in [2.24, 2.45) is 23.7 Å². The van der Waals surface area contributed by atoms with Gasteiger partial charge in [0.1, 0.15) is 6.10 Å². The monoisotopic (exact) mass is 370 g/mol. The summed E-state index contributed by atoms with van der Waals surface area (Å²) < 4.78 is 11.4. The third-order valence-corrected chi connectivity index (χ3v) is 6.73. The first-order chi connectivity index (χ1) is 13.2. The molecule has 0 saturated heterocycles. The Bertz CT molecular complexity index is 667. The molecule has 4 bridgehead atoms. The predicted molar refractivity (Wildman–Crippen MR) is 102 cm³/mol. The summed E-state index contributed by atoms with van der Waals surface area (Å²) in [6.45, 7) is 2.50. The summed E-state index contributed by atoms with van der Waals surface area (Å²) in [7, 11) is 0. The van der Waals surface area contributed by atoms with Crippen LogP contribution >= 0.6 is 0 Å². The molecule has 0 unspecified atom stereocenters. The number of hydrogen-bond acceptors (Lipinski definition) is 4. The molecule has 27 heavy (non-hydrogen) atoms. The number of carbonyl (C=O) groups is 2. The summed E-state index contributed by atoms with van der Waals surface area (Å²) in [6.07, 6.45) is 9.16. The number of benzene rings is 1. The smallest absolute Gasteiger partial charge is 0.339 e. The van der Waals surface area contributed by atoms with Crippen LogP contribution in [0, 0.1) is 23.7 Å².